The van der Waals surface area contributed by atoms with Crippen LogP contribution in [0.4, 0.5) is 11.6 Å². The number of benzene rings is 1. The number of nitrogens with one attached hydrogen (secondary N) is 1. The third-order valence-electron chi connectivity index (χ3n) is 11.2. The number of halogens is 2. The Morgan fingerprint density at radius 2 is 1.29 bits per heavy atom. The Bertz CT molecular complexity index is 1950. The highest BCUT2D eigenvalue weighted by atomic mass is 35.5. The summed E-state index contributed by atoms with van der Waals surface area (Å²) in [5.41, 5.74) is 8.21. The van der Waals surface area contributed by atoms with Crippen molar-refractivity contribution in [3.05, 3.63) is 68.3 Å². The zero-order valence-electron chi connectivity index (χ0n) is 28.2. The zero-order chi connectivity index (χ0) is 33.8. The number of nitrogens with zero attached hydrogens (tertiary/aromatic N) is 6. The average Bonchev–Trinajstić information content (AvgIpc) is 3.87. The van der Waals surface area contributed by atoms with Crippen molar-refractivity contribution in [3.63, 3.8) is 0 Å². The fourth-order valence-corrected chi connectivity index (χ4v) is 11.0. The van der Waals surface area contributed by atoms with E-state index in [9.17, 15) is 0 Å². The lowest BCUT2D eigenvalue weighted by atomic mass is 9.65. The van der Waals surface area contributed by atoms with Gasteiger partial charge in [-0.3, -0.25) is 0 Å². The fraction of sp³-hybridized carbons (Fsp3) is 0.514. The molecule has 3 N–H and O–H groups in total. The molecule has 2 saturated carbocycles. The van der Waals surface area contributed by atoms with E-state index in [0.717, 1.165) is 85.1 Å². The van der Waals surface area contributed by atoms with Crippen LogP contribution >= 0.6 is 45.9 Å². The second kappa shape index (κ2) is 13.5. The molecule has 6 heterocycles. The van der Waals surface area contributed by atoms with Crippen molar-refractivity contribution in [1.82, 2.24) is 25.3 Å². The van der Waals surface area contributed by atoms with Crippen LogP contribution in [-0.2, 0) is 19.4 Å². The number of hydrogen-bond donors (Lipinski definition) is 2. The van der Waals surface area contributed by atoms with Crippen LogP contribution in [0.15, 0.2) is 42.5 Å². The summed E-state index contributed by atoms with van der Waals surface area (Å²) >= 11 is 15.8. The highest BCUT2D eigenvalue weighted by Gasteiger charge is 2.49. The Labute approximate surface area is 306 Å². The van der Waals surface area contributed by atoms with E-state index in [4.69, 9.17) is 28.9 Å². The molecule has 2 spiro atoms. The minimum Gasteiger partial charge on any atom is -0.355 e. The first-order chi connectivity index (χ1) is 23.7. The first-order valence-corrected chi connectivity index (χ1v) is 20.1. The van der Waals surface area contributed by atoms with Crippen LogP contribution in [-0.4, -0.2) is 58.2 Å². The summed E-state index contributed by atoms with van der Waals surface area (Å²) in [5.74, 6) is 2.04. The van der Waals surface area contributed by atoms with Gasteiger partial charge in [0.25, 0.3) is 0 Å². The average molecular weight is 736 g/mol. The Morgan fingerprint density at radius 3 is 1.78 bits per heavy atom. The second-order valence-electron chi connectivity index (χ2n) is 14.7. The van der Waals surface area contributed by atoms with Gasteiger partial charge < -0.3 is 20.9 Å². The SMILES string of the molecule is CCc1cc2c(N3CCC4(CC(N)C4)C3)nc(Cl)nc2s1.CCc1cc2c(N3CCC4(CC(NCc5ccccc5)C4)C3)nc(Cl)nc2s1. The second-order valence-corrected chi connectivity index (χ2v) is 17.6. The molecule has 49 heavy (non-hydrogen) atoms. The molecule has 5 aromatic rings. The molecule has 4 fully saturated rings. The number of fused-ring (bicyclic) bond motifs is 2. The summed E-state index contributed by atoms with van der Waals surface area (Å²) in [4.78, 5) is 27.5. The Morgan fingerprint density at radius 1 is 0.776 bits per heavy atom. The van der Waals surface area contributed by atoms with E-state index < -0.39 is 0 Å². The van der Waals surface area contributed by atoms with Gasteiger partial charge in [0, 0.05) is 54.6 Å². The van der Waals surface area contributed by atoms with Gasteiger partial charge in [-0.2, -0.15) is 9.97 Å². The van der Waals surface area contributed by atoms with Crippen LogP contribution in [0.2, 0.25) is 10.6 Å². The van der Waals surface area contributed by atoms with Gasteiger partial charge in [-0.05, 0) is 103 Å². The summed E-state index contributed by atoms with van der Waals surface area (Å²) in [6, 6.07) is 16.2. The number of anilines is 2. The first-order valence-electron chi connectivity index (χ1n) is 17.7. The summed E-state index contributed by atoms with van der Waals surface area (Å²) < 4.78 is 0. The van der Waals surface area contributed by atoms with Gasteiger partial charge in [-0.25, -0.2) is 9.97 Å². The van der Waals surface area contributed by atoms with Gasteiger partial charge >= 0.3 is 0 Å². The molecule has 258 valence electrons. The lowest BCUT2D eigenvalue weighted by Crippen LogP contribution is -2.50. The van der Waals surface area contributed by atoms with Crippen molar-refractivity contribution in [2.24, 2.45) is 16.6 Å². The van der Waals surface area contributed by atoms with E-state index in [1.165, 1.54) is 46.4 Å². The maximum Gasteiger partial charge on any atom is 0.225 e. The highest BCUT2D eigenvalue weighted by molar-refractivity contribution is 7.19. The van der Waals surface area contributed by atoms with Crippen molar-refractivity contribution in [2.75, 3.05) is 36.0 Å². The molecule has 4 aliphatic rings. The number of thiophene rings is 2. The van der Waals surface area contributed by atoms with Crippen molar-refractivity contribution in [1.29, 1.82) is 0 Å². The minimum absolute atomic E-state index is 0.355. The first kappa shape index (κ1) is 33.5. The molecule has 0 radical (unpaired) electrons. The molecule has 2 aliphatic heterocycles. The summed E-state index contributed by atoms with van der Waals surface area (Å²) in [7, 11) is 0. The van der Waals surface area contributed by atoms with Gasteiger partial charge in [-0.15, -0.1) is 22.7 Å². The molecule has 9 rings (SSSR count). The fourth-order valence-electron chi connectivity index (χ4n) is 8.63. The lowest BCUT2D eigenvalue weighted by Gasteiger charge is -2.45. The quantitative estimate of drug-likeness (QED) is 0.161. The van der Waals surface area contributed by atoms with Gasteiger partial charge in [-0.1, -0.05) is 44.2 Å². The Kier molecular flexibility index (Phi) is 9.25. The van der Waals surface area contributed by atoms with E-state index in [0.29, 0.717) is 33.5 Å². The predicted octanol–water partition coefficient (Wildman–Crippen LogP) is 8.28. The minimum atomic E-state index is 0.355. The van der Waals surface area contributed by atoms with Crippen LogP contribution in [0.1, 0.15) is 67.7 Å². The molecule has 2 aliphatic carbocycles. The molecule has 1 aromatic carbocycles. The molecular formula is C37H44Cl2N8S2. The van der Waals surface area contributed by atoms with Crippen LogP contribution in [0, 0.1) is 10.8 Å². The van der Waals surface area contributed by atoms with Gasteiger partial charge in [0.05, 0.1) is 10.8 Å². The summed E-state index contributed by atoms with van der Waals surface area (Å²) in [6.45, 7) is 9.55. The molecule has 0 bridgehead atoms. The van der Waals surface area contributed by atoms with Gasteiger partial charge in [0.2, 0.25) is 10.6 Å². The normalized spacial score (nSPS) is 26.1. The lowest BCUT2D eigenvalue weighted by molar-refractivity contribution is 0.106. The maximum atomic E-state index is 6.24. The van der Waals surface area contributed by atoms with E-state index in [1.807, 2.05) is 0 Å². The number of nitrogens with two attached hydrogens (primary N) is 1. The molecule has 2 saturated heterocycles. The molecule has 0 unspecified atom stereocenters. The monoisotopic (exact) mass is 734 g/mol. The topological polar surface area (TPSA) is 96.1 Å². The van der Waals surface area contributed by atoms with Crippen molar-refractivity contribution in [3.8, 4) is 0 Å². The van der Waals surface area contributed by atoms with E-state index >= 15 is 0 Å². The van der Waals surface area contributed by atoms with Crippen molar-refractivity contribution in [2.45, 2.75) is 83.8 Å². The molecule has 0 amide bonds. The predicted molar refractivity (Wildman–Crippen MR) is 206 cm³/mol. The number of rotatable bonds is 7. The number of aromatic nitrogens is 4. The largest absolute Gasteiger partial charge is 0.355 e. The van der Waals surface area contributed by atoms with Gasteiger partial charge in [0.1, 0.15) is 21.3 Å². The number of aryl methyl sites for hydroxylation is 2. The summed E-state index contributed by atoms with van der Waals surface area (Å²) in [5, 5.41) is 6.77. The molecule has 0 atom stereocenters. The van der Waals surface area contributed by atoms with E-state index in [-0.39, 0.29) is 0 Å². The zero-order valence-corrected chi connectivity index (χ0v) is 31.4. The molecule has 12 heteroatoms. The standard InChI is InChI=1S/C22H25ClN4S.C15H19ClN4S/c1-2-17-10-18-19(25-21(23)26-20(18)28-17)27-9-8-22(14-27)11-16(12-22)24-13-15-6-4-3-5-7-15;1-2-10-5-11-12(18-14(16)19-13(11)21-10)20-4-3-15(8-20)6-9(17)7-15/h3-7,10,16,24H,2,8-9,11-14H2,1H3;5,9H,2-4,6-8,17H2,1H3. The maximum absolute atomic E-state index is 6.24. The Hall–Kier alpha value is -2.60. The molecular weight excluding hydrogens is 692 g/mol. The van der Waals surface area contributed by atoms with Crippen LogP contribution in [0.5, 0.6) is 0 Å². The number of hydrogen-bond acceptors (Lipinski definition) is 10. The molecule has 4 aromatic heterocycles. The molecule has 8 nitrogen and oxygen atoms in total. The van der Waals surface area contributed by atoms with Crippen molar-refractivity contribution >= 4 is 77.9 Å². The smallest absolute Gasteiger partial charge is 0.225 e. The van der Waals surface area contributed by atoms with E-state index in [2.05, 4.69) is 91.4 Å². The third kappa shape index (κ3) is 6.77. The third-order valence-corrected chi connectivity index (χ3v) is 13.8. The highest BCUT2D eigenvalue weighted by Crippen LogP contribution is 2.51. The van der Waals surface area contributed by atoms with Gasteiger partial charge in [0.15, 0.2) is 0 Å². The van der Waals surface area contributed by atoms with Crippen molar-refractivity contribution < 1.29 is 0 Å². The Balaban J connectivity index is 0.000000148. The van der Waals surface area contributed by atoms with E-state index in [1.54, 1.807) is 22.7 Å². The van der Waals surface area contributed by atoms with Crippen LogP contribution in [0.3, 0.4) is 0 Å². The summed E-state index contributed by atoms with van der Waals surface area (Å²) in [6.07, 6.45) is 9.31. The van der Waals surface area contributed by atoms with Crippen LogP contribution in [0.25, 0.3) is 20.4 Å². The van der Waals surface area contributed by atoms with Crippen LogP contribution < -0.4 is 20.9 Å².